The highest BCUT2D eigenvalue weighted by Gasteiger charge is 2.33. The molecular weight excluding hydrogens is 196 g/mol. The van der Waals surface area contributed by atoms with Crippen molar-refractivity contribution in [1.82, 2.24) is 4.31 Å². The van der Waals surface area contributed by atoms with Gasteiger partial charge in [0.25, 0.3) is 0 Å². The normalized spacial score (nSPS) is 28.9. The second-order valence-electron chi connectivity index (χ2n) is 3.14. The number of hydrogen-bond acceptors (Lipinski definition) is 3. The van der Waals surface area contributed by atoms with Crippen LogP contribution in [0.3, 0.4) is 0 Å². The fourth-order valence-electron chi connectivity index (χ4n) is 1.32. The maximum Gasteiger partial charge on any atom is 0.214 e. The van der Waals surface area contributed by atoms with Gasteiger partial charge in [0.05, 0.1) is 17.3 Å². The van der Waals surface area contributed by atoms with E-state index in [0.717, 1.165) is 0 Å². The van der Waals surface area contributed by atoms with Crippen molar-refractivity contribution in [2.75, 3.05) is 18.8 Å². The average Bonchev–Trinajstić information content (AvgIpc) is 2.04. The molecule has 1 heterocycles. The van der Waals surface area contributed by atoms with Gasteiger partial charge in [0.15, 0.2) is 0 Å². The fourth-order valence-corrected chi connectivity index (χ4v) is 3.41. The zero-order valence-electron chi connectivity index (χ0n) is 6.86. The van der Waals surface area contributed by atoms with Crippen molar-refractivity contribution in [2.45, 2.75) is 6.92 Å². The Morgan fingerprint density at radius 2 is 2.33 bits per heavy atom. The molecule has 70 valence electrons. The summed E-state index contributed by atoms with van der Waals surface area (Å²) in [6.07, 6.45) is 0. The van der Waals surface area contributed by atoms with Crippen LogP contribution in [0.25, 0.3) is 0 Å². The van der Waals surface area contributed by atoms with Crippen molar-refractivity contribution in [1.29, 1.82) is 0 Å². The van der Waals surface area contributed by atoms with Crippen molar-refractivity contribution in [2.24, 2.45) is 11.7 Å². The van der Waals surface area contributed by atoms with E-state index in [-0.39, 0.29) is 23.2 Å². The molecule has 0 radical (unpaired) electrons. The lowest BCUT2D eigenvalue weighted by atomic mass is 10.2. The van der Waals surface area contributed by atoms with Crippen molar-refractivity contribution < 1.29 is 8.42 Å². The predicted molar refractivity (Wildman–Crippen MR) is 51.3 cm³/mol. The van der Waals surface area contributed by atoms with Crippen LogP contribution in [0.15, 0.2) is 0 Å². The molecule has 12 heavy (non-hydrogen) atoms. The minimum atomic E-state index is -3.07. The molecule has 0 amide bonds. The molecule has 1 aliphatic heterocycles. The van der Waals surface area contributed by atoms with Gasteiger partial charge in [-0.25, -0.2) is 8.42 Å². The Bertz CT molecular complexity index is 286. The SMILES string of the molecule is CC1CN(CC(N)=S)S(=O)(=O)C1. The molecule has 1 atom stereocenters. The number of sulfonamides is 1. The first-order valence-electron chi connectivity index (χ1n) is 3.68. The quantitative estimate of drug-likeness (QED) is 0.625. The van der Waals surface area contributed by atoms with E-state index in [1.807, 2.05) is 6.92 Å². The van der Waals surface area contributed by atoms with E-state index in [1.165, 1.54) is 4.31 Å². The Labute approximate surface area is 77.8 Å². The Morgan fingerprint density at radius 3 is 2.67 bits per heavy atom. The third-order valence-corrected chi connectivity index (χ3v) is 3.92. The van der Waals surface area contributed by atoms with Gasteiger partial charge in [-0.1, -0.05) is 19.1 Å². The van der Waals surface area contributed by atoms with Crippen LogP contribution in [0.4, 0.5) is 0 Å². The van der Waals surface area contributed by atoms with Gasteiger partial charge in [-0.3, -0.25) is 0 Å². The van der Waals surface area contributed by atoms with E-state index in [9.17, 15) is 8.42 Å². The lowest BCUT2D eigenvalue weighted by Crippen LogP contribution is -2.34. The maximum atomic E-state index is 11.3. The van der Waals surface area contributed by atoms with Gasteiger partial charge in [0, 0.05) is 6.54 Å². The molecule has 1 unspecified atom stereocenters. The van der Waals surface area contributed by atoms with Gasteiger partial charge in [-0.05, 0) is 5.92 Å². The van der Waals surface area contributed by atoms with Gasteiger partial charge in [-0.15, -0.1) is 0 Å². The predicted octanol–water partition coefficient (Wildman–Crippen LogP) is -0.446. The average molecular weight is 208 g/mol. The van der Waals surface area contributed by atoms with Crippen LogP contribution < -0.4 is 5.73 Å². The van der Waals surface area contributed by atoms with E-state index in [0.29, 0.717) is 6.54 Å². The standard InChI is InChI=1S/C6H12N2O2S2/c1-5-2-8(3-6(7)11)12(9,10)4-5/h5H,2-4H2,1H3,(H2,7,11). The molecule has 0 aliphatic carbocycles. The smallest absolute Gasteiger partial charge is 0.214 e. The van der Waals surface area contributed by atoms with Crippen molar-refractivity contribution >= 4 is 27.2 Å². The first-order chi connectivity index (χ1) is 5.42. The third-order valence-electron chi connectivity index (χ3n) is 1.74. The molecule has 1 fully saturated rings. The molecule has 0 spiro atoms. The number of nitrogens with two attached hydrogens (primary N) is 1. The molecule has 0 aromatic carbocycles. The topological polar surface area (TPSA) is 63.4 Å². The second kappa shape index (κ2) is 3.27. The number of rotatable bonds is 2. The summed E-state index contributed by atoms with van der Waals surface area (Å²) in [5, 5.41) is 0. The Balaban J connectivity index is 2.72. The fraction of sp³-hybridized carbons (Fsp3) is 0.833. The first kappa shape index (κ1) is 9.88. The summed E-state index contributed by atoms with van der Waals surface area (Å²) in [7, 11) is -3.07. The Morgan fingerprint density at radius 1 is 1.75 bits per heavy atom. The van der Waals surface area contributed by atoms with Gasteiger partial charge < -0.3 is 5.73 Å². The van der Waals surface area contributed by atoms with Crippen LogP contribution in [0.2, 0.25) is 0 Å². The highest BCUT2D eigenvalue weighted by atomic mass is 32.2. The molecule has 0 aromatic heterocycles. The minimum absolute atomic E-state index is 0.183. The number of nitrogens with zero attached hydrogens (tertiary/aromatic N) is 1. The molecule has 1 aliphatic rings. The van der Waals surface area contributed by atoms with Crippen LogP contribution in [-0.2, 0) is 10.0 Å². The summed E-state index contributed by atoms with van der Waals surface area (Å²) >= 11 is 4.65. The highest BCUT2D eigenvalue weighted by Crippen LogP contribution is 2.17. The van der Waals surface area contributed by atoms with E-state index in [1.54, 1.807) is 0 Å². The van der Waals surface area contributed by atoms with Gasteiger partial charge in [0.1, 0.15) is 0 Å². The lowest BCUT2D eigenvalue weighted by Gasteiger charge is -2.12. The van der Waals surface area contributed by atoms with Crippen molar-refractivity contribution in [3.8, 4) is 0 Å². The first-order valence-corrected chi connectivity index (χ1v) is 5.69. The largest absolute Gasteiger partial charge is 0.392 e. The van der Waals surface area contributed by atoms with Crippen molar-refractivity contribution in [3.63, 3.8) is 0 Å². The summed E-state index contributed by atoms with van der Waals surface area (Å²) < 4.78 is 24.0. The van der Waals surface area contributed by atoms with Gasteiger partial charge in [0.2, 0.25) is 10.0 Å². The summed E-state index contributed by atoms with van der Waals surface area (Å²) in [5.41, 5.74) is 5.26. The summed E-state index contributed by atoms with van der Waals surface area (Å²) in [6.45, 7) is 2.62. The Kier molecular flexibility index (Phi) is 2.70. The molecule has 1 rings (SSSR count). The van der Waals surface area contributed by atoms with E-state index >= 15 is 0 Å². The molecule has 4 nitrogen and oxygen atoms in total. The molecule has 0 saturated carbocycles. The van der Waals surface area contributed by atoms with E-state index in [4.69, 9.17) is 5.73 Å². The van der Waals surface area contributed by atoms with Crippen LogP contribution in [0, 0.1) is 5.92 Å². The van der Waals surface area contributed by atoms with E-state index < -0.39 is 10.0 Å². The molecule has 0 bridgehead atoms. The second-order valence-corrected chi connectivity index (χ2v) is 5.68. The van der Waals surface area contributed by atoms with Crippen LogP contribution >= 0.6 is 12.2 Å². The lowest BCUT2D eigenvalue weighted by molar-refractivity contribution is 0.455. The molecular formula is C6H12N2O2S2. The zero-order valence-corrected chi connectivity index (χ0v) is 8.49. The summed E-state index contributed by atoms with van der Waals surface area (Å²) in [4.78, 5) is 0.229. The van der Waals surface area contributed by atoms with Crippen LogP contribution in [-0.4, -0.2) is 36.6 Å². The molecule has 0 aromatic rings. The van der Waals surface area contributed by atoms with Gasteiger partial charge in [-0.2, -0.15) is 4.31 Å². The van der Waals surface area contributed by atoms with Crippen molar-refractivity contribution in [3.05, 3.63) is 0 Å². The highest BCUT2D eigenvalue weighted by molar-refractivity contribution is 7.89. The summed E-state index contributed by atoms with van der Waals surface area (Å²) in [6, 6.07) is 0. The monoisotopic (exact) mass is 208 g/mol. The molecule has 1 saturated heterocycles. The number of hydrogen-bond donors (Lipinski definition) is 1. The minimum Gasteiger partial charge on any atom is -0.392 e. The number of thiocarbonyl (C=S) groups is 1. The van der Waals surface area contributed by atoms with Gasteiger partial charge >= 0.3 is 0 Å². The Hall–Kier alpha value is -0.200. The summed E-state index contributed by atoms with van der Waals surface area (Å²) in [5.74, 6) is 0.402. The maximum absolute atomic E-state index is 11.3. The zero-order chi connectivity index (χ0) is 9.35. The van der Waals surface area contributed by atoms with Crippen LogP contribution in [0.5, 0.6) is 0 Å². The van der Waals surface area contributed by atoms with E-state index in [2.05, 4.69) is 12.2 Å². The third kappa shape index (κ3) is 2.15. The molecule has 2 N–H and O–H groups in total. The molecule has 6 heteroatoms. The van der Waals surface area contributed by atoms with Crippen LogP contribution in [0.1, 0.15) is 6.92 Å².